The maximum atomic E-state index is 11.8. The van der Waals surface area contributed by atoms with E-state index in [1.807, 2.05) is 0 Å². The molecule has 0 bridgehead atoms. The summed E-state index contributed by atoms with van der Waals surface area (Å²) in [5.41, 5.74) is 0.673. The molecule has 0 heterocycles. The first-order valence-corrected chi connectivity index (χ1v) is 7.65. The lowest BCUT2D eigenvalue weighted by Crippen LogP contribution is -2.24. The highest BCUT2D eigenvalue weighted by Gasteiger charge is 2.03. The summed E-state index contributed by atoms with van der Waals surface area (Å²) in [5.74, 6) is -0.0114. The van der Waals surface area contributed by atoms with E-state index in [0.29, 0.717) is 10.6 Å². The molecule has 0 radical (unpaired) electrons. The minimum atomic E-state index is -0.0114. The number of halogens is 1. The largest absolute Gasteiger partial charge is 0.352 e. The van der Waals surface area contributed by atoms with Crippen LogP contribution in [0.1, 0.15) is 62.2 Å². The summed E-state index contributed by atoms with van der Waals surface area (Å²) in [7, 11) is 0. The van der Waals surface area contributed by atoms with Crippen molar-refractivity contribution >= 4 is 17.5 Å². The van der Waals surface area contributed by atoms with Crippen LogP contribution in [0, 0.1) is 0 Å². The number of rotatable bonds is 9. The van der Waals surface area contributed by atoms with Gasteiger partial charge in [-0.15, -0.1) is 0 Å². The highest BCUT2D eigenvalue weighted by Crippen LogP contribution is 2.09. The third-order valence-electron chi connectivity index (χ3n) is 3.17. The van der Waals surface area contributed by atoms with Gasteiger partial charge in [-0.3, -0.25) is 4.79 Å². The van der Waals surface area contributed by atoms with Crippen LogP contribution < -0.4 is 5.32 Å². The molecule has 0 aliphatic rings. The van der Waals surface area contributed by atoms with E-state index < -0.39 is 0 Å². The molecule has 0 aliphatic carbocycles. The quantitative estimate of drug-likeness (QED) is 0.646. The first-order chi connectivity index (χ1) is 9.24. The van der Waals surface area contributed by atoms with Crippen molar-refractivity contribution in [3.05, 3.63) is 34.9 Å². The molecular weight excluding hydrogens is 258 g/mol. The SMILES string of the molecule is CCCCCCCCCNC(=O)c1ccc(Cl)cc1. The summed E-state index contributed by atoms with van der Waals surface area (Å²) in [6, 6.07) is 6.99. The van der Waals surface area contributed by atoms with Crippen molar-refractivity contribution in [2.45, 2.75) is 51.9 Å². The summed E-state index contributed by atoms with van der Waals surface area (Å²) >= 11 is 5.78. The van der Waals surface area contributed by atoms with E-state index in [4.69, 9.17) is 11.6 Å². The van der Waals surface area contributed by atoms with Crippen LogP contribution in [0.3, 0.4) is 0 Å². The number of hydrogen-bond acceptors (Lipinski definition) is 1. The van der Waals surface area contributed by atoms with Crippen LogP contribution in [0.15, 0.2) is 24.3 Å². The van der Waals surface area contributed by atoms with Gasteiger partial charge in [0.05, 0.1) is 0 Å². The maximum absolute atomic E-state index is 11.8. The van der Waals surface area contributed by atoms with E-state index in [2.05, 4.69) is 12.2 Å². The van der Waals surface area contributed by atoms with Gasteiger partial charge in [-0.25, -0.2) is 0 Å². The van der Waals surface area contributed by atoms with Crippen molar-refractivity contribution in [3.8, 4) is 0 Å². The van der Waals surface area contributed by atoms with Crippen molar-refractivity contribution < 1.29 is 4.79 Å². The molecule has 0 aliphatic heterocycles. The van der Waals surface area contributed by atoms with Gasteiger partial charge in [-0.1, -0.05) is 57.0 Å². The first kappa shape index (κ1) is 16.0. The molecule has 1 aromatic rings. The second kappa shape index (κ2) is 9.85. The van der Waals surface area contributed by atoms with Crippen LogP contribution in [0.2, 0.25) is 5.02 Å². The minimum Gasteiger partial charge on any atom is -0.352 e. The van der Waals surface area contributed by atoms with Crippen LogP contribution in [0.25, 0.3) is 0 Å². The molecule has 19 heavy (non-hydrogen) atoms. The average Bonchev–Trinajstić information content (AvgIpc) is 2.42. The van der Waals surface area contributed by atoms with Crippen molar-refractivity contribution in [2.75, 3.05) is 6.54 Å². The molecule has 1 rings (SSSR count). The van der Waals surface area contributed by atoms with Gasteiger partial charge in [0.2, 0.25) is 0 Å². The topological polar surface area (TPSA) is 29.1 Å². The summed E-state index contributed by atoms with van der Waals surface area (Å²) in [4.78, 5) is 11.8. The van der Waals surface area contributed by atoms with Gasteiger partial charge < -0.3 is 5.32 Å². The zero-order valence-corrected chi connectivity index (χ0v) is 12.5. The molecule has 0 saturated carbocycles. The number of benzene rings is 1. The Bertz CT molecular complexity index is 362. The van der Waals surface area contributed by atoms with E-state index in [1.54, 1.807) is 24.3 Å². The van der Waals surface area contributed by atoms with E-state index in [0.717, 1.165) is 13.0 Å². The summed E-state index contributed by atoms with van der Waals surface area (Å²) < 4.78 is 0. The second-order valence-electron chi connectivity index (χ2n) is 4.88. The molecule has 1 amide bonds. The Labute approximate surface area is 121 Å². The van der Waals surface area contributed by atoms with Crippen LogP contribution in [0.4, 0.5) is 0 Å². The van der Waals surface area contributed by atoms with Crippen LogP contribution in [-0.2, 0) is 0 Å². The van der Waals surface area contributed by atoms with Gasteiger partial charge in [-0.05, 0) is 30.7 Å². The number of amides is 1. The number of hydrogen-bond donors (Lipinski definition) is 1. The van der Waals surface area contributed by atoms with Crippen molar-refractivity contribution in [2.24, 2.45) is 0 Å². The average molecular weight is 282 g/mol. The Kier molecular flexibility index (Phi) is 8.31. The first-order valence-electron chi connectivity index (χ1n) is 7.28. The number of carbonyl (C=O) groups is 1. The molecule has 2 nitrogen and oxygen atoms in total. The van der Waals surface area contributed by atoms with Crippen molar-refractivity contribution in [3.63, 3.8) is 0 Å². The van der Waals surface area contributed by atoms with Gasteiger partial charge in [0.1, 0.15) is 0 Å². The fraction of sp³-hybridized carbons (Fsp3) is 0.562. The minimum absolute atomic E-state index is 0.0114. The van der Waals surface area contributed by atoms with Crippen LogP contribution in [-0.4, -0.2) is 12.5 Å². The smallest absolute Gasteiger partial charge is 0.251 e. The number of unbranched alkanes of at least 4 members (excludes halogenated alkanes) is 6. The summed E-state index contributed by atoms with van der Waals surface area (Å²) in [5, 5.41) is 3.59. The van der Waals surface area contributed by atoms with Crippen molar-refractivity contribution in [1.82, 2.24) is 5.32 Å². The fourth-order valence-electron chi connectivity index (χ4n) is 1.99. The molecule has 1 aromatic carbocycles. The molecule has 3 heteroatoms. The van der Waals surface area contributed by atoms with E-state index >= 15 is 0 Å². The lowest BCUT2D eigenvalue weighted by molar-refractivity contribution is 0.0953. The highest BCUT2D eigenvalue weighted by atomic mass is 35.5. The molecule has 0 atom stereocenters. The highest BCUT2D eigenvalue weighted by molar-refractivity contribution is 6.30. The van der Waals surface area contributed by atoms with Gasteiger partial charge in [-0.2, -0.15) is 0 Å². The zero-order chi connectivity index (χ0) is 13.9. The second-order valence-corrected chi connectivity index (χ2v) is 5.32. The predicted molar refractivity (Wildman–Crippen MR) is 81.8 cm³/mol. The van der Waals surface area contributed by atoms with Gasteiger partial charge in [0.25, 0.3) is 5.91 Å². The molecule has 0 aromatic heterocycles. The van der Waals surface area contributed by atoms with Gasteiger partial charge >= 0.3 is 0 Å². The Morgan fingerprint density at radius 1 is 1.00 bits per heavy atom. The Balaban J connectivity index is 2.06. The number of nitrogens with one attached hydrogen (secondary N) is 1. The maximum Gasteiger partial charge on any atom is 0.251 e. The Morgan fingerprint density at radius 2 is 1.58 bits per heavy atom. The van der Waals surface area contributed by atoms with E-state index in [-0.39, 0.29) is 5.91 Å². The lowest BCUT2D eigenvalue weighted by Gasteiger charge is -2.05. The summed E-state index contributed by atoms with van der Waals surface area (Å²) in [6.07, 6.45) is 8.82. The van der Waals surface area contributed by atoms with E-state index in [9.17, 15) is 4.79 Å². The molecule has 0 spiro atoms. The van der Waals surface area contributed by atoms with Crippen LogP contribution in [0.5, 0.6) is 0 Å². The molecule has 1 N–H and O–H groups in total. The molecule has 106 valence electrons. The standard InChI is InChI=1S/C16H24ClNO/c1-2-3-4-5-6-7-8-13-18-16(19)14-9-11-15(17)12-10-14/h9-12H,2-8,13H2,1H3,(H,18,19). The Morgan fingerprint density at radius 3 is 2.21 bits per heavy atom. The molecule has 0 saturated heterocycles. The molecule has 0 fully saturated rings. The summed E-state index contributed by atoms with van der Waals surface area (Å²) in [6.45, 7) is 2.99. The van der Waals surface area contributed by atoms with Crippen LogP contribution >= 0.6 is 11.6 Å². The monoisotopic (exact) mass is 281 g/mol. The fourth-order valence-corrected chi connectivity index (χ4v) is 2.11. The Hall–Kier alpha value is -1.02. The van der Waals surface area contributed by atoms with E-state index in [1.165, 1.54) is 38.5 Å². The third kappa shape index (κ3) is 7.22. The van der Waals surface area contributed by atoms with Gasteiger partial charge in [0, 0.05) is 17.1 Å². The van der Waals surface area contributed by atoms with Crippen molar-refractivity contribution in [1.29, 1.82) is 0 Å². The molecular formula is C16H24ClNO. The van der Waals surface area contributed by atoms with Gasteiger partial charge in [0.15, 0.2) is 0 Å². The zero-order valence-electron chi connectivity index (χ0n) is 11.8. The molecule has 0 unspecified atom stereocenters. The lowest BCUT2D eigenvalue weighted by atomic mass is 10.1. The normalized spacial score (nSPS) is 10.4. The third-order valence-corrected chi connectivity index (χ3v) is 3.42. The number of carbonyl (C=O) groups excluding carboxylic acids is 1. The predicted octanol–water partition coefficient (Wildman–Crippen LogP) is 4.82.